The third-order valence-electron chi connectivity index (χ3n) is 2.56. The normalized spacial score (nSPS) is 11.3. The van der Waals surface area contributed by atoms with E-state index in [2.05, 4.69) is 5.32 Å². The smallest absolute Gasteiger partial charge is 0.404 e. The minimum atomic E-state index is -3.46. The zero-order chi connectivity index (χ0) is 13.9. The molecule has 0 atom stereocenters. The second-order valence-electron chi connectivity index (χ2n) is 4.28. The molecule has 6 heteroatoms. The first kappa shape index (κ1) is 14.5. The van der Waals surface area contributed by atoms with Gasteiger partial charge < -0.3 is 10.4 Å². The highest BCUT2D eigenvalue weighted by molar-refractivity contribution is 7.91. The Morgan fingerprint density at radius 2 is 1.72 bits per heavy atom. The predicted molar refractivity (Wildman–Crippen MR) is 68.7 cm³/mol. The summed E-state index contributed by atoms with van der Waals surface area (Å²) in [7, 11) is -3.46. The maximum atomic E-state index is 12.1. The van der Waals surface area contributed by atoms with Crippen LogP contribution in [-0.2, 0) is 9.84 Å². The molecule has 2 N–H and O–H groups in total. The van der Waals surface area contributed by atoms with Crippen molar-refractivity contribution in [3.05, 3.63) is 28.8 Å². The number of hydrogen-bond donors (Lipinski definition) is 2. The summed E-state index contributed by atoms with van der Waals surface area (Å²) in [6.07, 6.45) is -1.22. The van der Waals surface area contributed by atoms with Gasteiger partial charge in [0.1, 0.15) is 0 Å². The van der Waals surface area contributed by atoms with Crippen molar-refractivity contribution in [2.24, 2.45) is 0 Å². The minimum absolute atomic E-state index is 0.107. The number of hydrogen-bond acceptors (Lipinski definition) is 3. The minimum Gasteiger partial charge on any atom is -0.465 e. The lowest BCUT2D eigenvalue weighted by molar-refractivity contribution is 0.195. The third kappa shape index (κ3) is 3.46. The lowest BCUT2D eigenvalue weighted by atomic mass is 10.1. The highest BCUT2D eigenvalue weighted by Crippen LogP contribution is 2.22. The molecule has 0 aliphatic rings. The van der Waals surface area contributed by atoms with E-state index in [4.69, 9.17) is 5.11 Å². The van der Waals surface area contributed by atoms with Crippen molar-refractivity contribution in [2.75, 3.05) is 12.3 Å². The fourth-order valence-electron chi connectivity index (χ4n) is 2.05. The molecule has 0 aliphatic carbocycles. The van der Waals surface area contributed by atoms with Crippen LogP contribution in [0.25, 0.3) is 0 Å². The molecule has 0 radical (unpaired) electrons. The summed E-state index contributed by atoms with van der Waals surface area (Å²) in [5, 5.41) is 10.5. The third-order valence-corrected chi connectivity index (χ3v) is 4.57. The van der Waals surface area contributed by atoms with Gasteiger partial charge >= 0.3 is 6.09 Å². The summed E-state index contributed by atoms with van der Waals surface area (Å²) in [6.45, 7) is 5.29. The van der Waals surface area contributed by atoms with Gasteiger partial charge in [-0.05, 0) is 31.9 Å². The number of amides is 1. The van der Waals surface area contributed by atoms with Gasteiger partial charge in [-0.1, -0.05) is 17.7 Å². The number of sulfone groups is 1. The largest absolute Gasteiger partial charge is 0.465 e. The molecule has 0 aliphatic heterocycles. The number of benzene rings is 1. The van der Waals surface area contributed by atoms with Crippen molar-refractivity contribution >= 4 is 15.9 Å². The van der Waals surface area contributed by atoms with E-state index < -0.39 is 15.9 Å². The maximum Gasteiger partial charge on any atom is 0.404 e. The Balaban J connectivity index is 3.02. The highest BCUT2D eigenvalue weighted by Gasteiger charge is 2.19. The zero-order valence-corrected chi connectivity index (χ0v) is 11.5. The number of carboxylic acid groups (broad SMARTS) is 1. The van der Waals surface area contributed by atoms with E-state index in [1.54, 1.807) is 13.8 Å². The molecule has 1 rings (SSSR count). The molecule has 1 aromatic carbocycles. The van der Waals surface area contributed by atoms with E-state index in [9.17, 15) is 13.2 Å². The van der Waals surface area contributed by atoms with Crippen molar-refractivity contribution < 1.29 is 18.3 Å². The summed E-state index contributed by atoms with van der Waals surface area (Å²) in [6, 6.07) is 3.62. The fraction of sp³-hybridized carbons (Fsp3) is 0.417. The van der Waals surface area contributed by atoms with Gasteiger partial charge in [0.05, 0.1) is 10.6 Å². The molecule has 0 aromatic heterocycles. The van der Waals surface area contributed by atoms with Gasteiger partial charge in [-0.2, -0.15) is 0 Å². The zero-order valence-electron chi connectivity index (χ0n) is 10.6. The van der Waals surface area contributed by atoms with Crippen LogP contribution in [0, 0.1) is 20.8 Å². The van der Waals surface area contributed by atoms with Crippen LogP contribution in [0.4, 0.5) is 4.79 Å². The second-order valence-corrected chi connectivity index (χ2v) is 6.32. The van der Waals surface area contributed by atoms with E-state index >= 15 is 0 Å². The molecular weight excluding hydrogens is 254 g/mol. The fourth-order valence-corrected chi connectivity index (χ4v) is 3.73. The molecule has 18 heavy (non-hydrogen) atoms. The van der Waals surface area contributed by atoms with Crippen LogP contribution in [0.3, 0.4) is 0 Å². The Kier molecular flexibility index (Phi) is 4.34. The van der Waals surface area contributed by atoms with Crippen molar-refractivity contribution in [3.63, 3.8) is 0 Å². The second kappa shape index (κ2) is 5.39. The number of aryl methyl sites for hydroxylation is 3. The van der Waals surface area contributed by atoms with E-state index in [1.165, 1.54) is 0 Å². The molecule has 5 nitrogen and oxygen atoms in total. The maximum absolute atomic E-state index is 12.1. The van der Waals surface area contributed by atoms with Crippen LogP contribution in [-0.4, -0.2) is 31.9 Å². The van der Waals surface area contributed by atoms with Gasteiger partial charge in [-0.15, -0.1) is 0 Å². The lowest BCUT2D eigenvalue weighted by Gasteiger charge is -2.12. The quantitative estimate of drug-likeness (QED) is 0.872. The Morgan fingerprint density at radius 3 is 2.17 bits per heavy atom. The SMILES string of the molecule is Cc1cc(C)c(S(=O)(=O)CCNC(=O)O)c(C)c1. The Morgan fingerprint density at radius 1 is 1.22 bits per heavy atom. The monoisotopic (exact) mass is 271 g/mol. The van der Waals surface area contributed by atoms with Crippen LogP contribution in [0.1, 0.15) is 16.7 Å². The molecule has 100 valence electrons. The summed E-state index contributed by atoms with van der Waals surface area (Å²) in [4.78, 5) is 10.6. The summed E-state index contributed by atoms with van der Waals surface area (Å²) < 4.78 is 24.3. The van der Waals surface area contributed by atoms with Gasteiger partial charge in [0.25, 0.3) is 0 Å². The van der Waals surface area contributed by atoms with Crippen molar-refractivity contribution in [3.8, 4) is 0 Å². The predicted octanol–water partition coefficient (Wildman–Crippen LogP) is 1.65. The Hall–Kier alpha value is -1.56. The average molecular weight is 271 g/mol. The molecular formula is C12H17NO4S. The summed E-state index contributed by atoms with van der Waals surface area (Å²) in [5.74, 6) is -0.232. The van der Waals surface area contributed by atoms with Crippen molar-refractivity contribution in [1.82, 2.24) is 5.32 Å². The molecule has 0 saturated heterocycles. The number of rotatable bonds is 4. The molecule has 0 spiro atoms. The van der Waals surface area contributed by atoms with Crippen molar-refractivity contribution in [2.45, 2.75) is 25.7 Å². The number of nitrogens with one attached hydrogen (secondary N) is 1. The molecule has 0 fully saturated rings. The van der Waals surface area contributed by atoms with E-state index in [-0.39, 0.29) is 12.3 Å². The molecule has 0 saturated carbocycles. The first-order chi connectivity index (χ1) is 8.24. The highest BCUT2D eigenvalue weighted by atomic mass is 32.2. The Bertz CT molecular complexity index is 540. The molecule has 0 bridgehead atoms. The van der Waals surface area contributed by atoms with Crippen LogP contribution >= 0.6 is 0 Å². The lowest BCUT2D eigenvalue weighted by Crippen LogP contribution is -2.28. The standard InChI is InChI=1S/C12H17NO4S/c1-8-6-9(2)11(10(3)7-8)18(16,17)5-4-13-12(14)15/h6-7,13H,4-5H2,1-3H3,(H,14,15). The van der Waals surface area contributed by atoms with Crippen LogP contribution in [0.2, 0.25) is 0 Å². The van der Waals surface area contributed by atoms with Crippen LogP contribution in [0.5, 0.6) is 0 Å². The first-order valence-corrected chi connectivity index (χ1v) is 7.16. The average Bonchev–Trinajstić information content (AvgIpc) is 2.13. The van der Waals surface area contributed by atoms with E-state index in [0.29, 0.717) is 16.0 Å². The van der Waals surface area contributed by atoms with Gasteiger partial charge in [0.2, 0.25) is 0 Å². The molecule has 0 heterocycles. The topological polar surface area (TPSA) is 83.5 Å². The van der Waals surface area contributed by atoms with Gasteiger partial charge in [0, 0.05) is 6.54 Å². The molecule has 0 unspecified atom stereocenters. The summed E-state index contributed by atoms with van der Waals surface area (Å²) in [5.41, 5.74) is 2.40. The summed E-state index contributed by atoms with van der Waals surface area (Å²) >= 11 is 0. The van der Waals surface area contributed by atoms with E-state index in [1.807, 2.05) is 19.1 Å². The number of carbonyl (C=O) groups is 1. The van der Waals surface area contributed by atoms with E-state index in [0.717, 1.165) is 5.56 Å². The van der Waals surface area contributed by atoms with Crippen LogP contribution < -0.4 is 5.32 Å². The molecule has 1 aromatic rings. The first-order valence-electron chi connectivity index (χ1n) is 5.51. The van der Waals surface area contributed by atoms with Gasteiger partial charge in [-0.25, -0.2) is 13.2 Å². The van der Waals surface area contributed by atoms with Crippen LogP contribution in [0.15, 0.2) is 17.0 Å². The van der Waals surface area contributed by atoms with Gasteiger partial charge in [-0.3, -0.25) is 0 Å². The van der Waals surface area contributed by atoms with Gasteiger partial charge in [0.15, 0.2) is 9.84 Å². The Labute approximate surface area is 107 Å². The van der Waals surface area contributed by atoms with Crippen molar-refractivity contribution in [1.29, 1.82) is 0 Å². The molecule has 1 amide bonds.